The standard InChI is InChI=1S/C16H26N2.ClH/c1-13(2)15-5-4-6-16(11-15)18(3)12-14-7-9-17-10-8-14;/h4-6,11,13-14,17H,7-10,12H2,1-3H3;1H. The fourth-order valence-electron chi connectivity index (χ4n) is 2.68. The molecule has 3 heteroatoms. The van der Waals surface area contributed by atoms with Crippen LogP contribution in [0.1, 0.15) is 38.2 Å². The Labute approximate surface area is 124 Å². The highest BCUT2D eigenvalue weighted by Gasteiger charge is 2.15. The van der Waals surface area contributed by atoms with E-state index in [1.54, 1.807) is 0 Å². The Kier molecular flexibility index (Phi) is 6.67. The van der Waals surface area contributed by atoms with Gasteiger partial charge in [0.05, 0.1) is 0 Å². The number of hydrogen-bond donors (Lipinski definition) is 1. The van der Waals surface area contributed by atoms with Crippen LogP contribution in [0.3, 0.4) is 0 Å². The summed E-state index contributed by atoms with van der Waals surface area (Å²) in [5, 5.41) is 3.43. The second kappa shape index (κ2) is 7.76. The van der Waals surface area contributed by atoms with E-state index in [-0.39, 0.29) is 12.4 Å². The van der Waals surface area contributed by atoms with Gasteiger partial charge in [-0.1, -0.05) is 26.0 Å². The fraction of sp³-hybridized carbons (Fsp3) is 0.625. The van der Waals surface area contributed by atoms with E-state index in [1.165, 1.54) is 43.7 Å². The van der Waals surface area contributed by atoms with Crippen LogP contribution in [0.5, 0.6) is 0 Å². The highest BCUT2D eigenvalue weighted by atomic mass is 35.5. The zero-order valence-corrected chi connectivity index (χ0v) is 13.2. The third-order valence-corrected chi connectivity index (χ3v) is 3.97. The van der Waals surface area contributed by atoms with Crippen molar-refractivity contribution in [2.24, 2.45) is 5.92 Å². The average molecular weight is 283 g/mol. The average Bonchev–Trinajstić information content (AvgIpc) is 2.40. The Hall–Kier alpha value is -0.730. The Morgan fingerprint density at radius 2 is 1.95 bits per heavy atom. The van der Waals surface area contributed by atoms with Crippen molar-refractivity contribution in [3.05, 3.63) is 29.8 Å². The summed E-state index contributed by atoms with van der Waals surface area (Å²) in [6.07, 6.45) is 2.63. The molecule has 0 aliphatic carbocycles. The van der Waals surface area contributed by atoms with Crippen LogP contribution in [-0.2, 0) is 0 Å². The molecule has 1 aromatic rings. The normalized spacial score (nSPS) is 16.2. The topological polar surface area (TPSA) is 15.3 Å². The molecule has 0 atom stereocenters. The van der Waals surface area contributed by atoms with Crippen molar-refractivity contribution in [2.75, 3.05) is 31.6 Å². The molecule has 2 nitrogen and oxygen atoms in total. The summed E-state index contributed by atoms with van der Waals surface area (Å²) in [5.41, 5.74) is 2.80. The second-order valence-corrected chi connectivity index (χ2v) is 5.82. The number of anilines is 1. The predicted octanol–water partition coefficient (Wildman–Crippen LogP) is 3.67. The van der Waals surface area contributed by atoms with Gasteiger partial charge in [-0.15, -0.1) is 12.4 Å². The van der Waals surface area contributed by atoms with Gasteiger partial charge in [0.1, 0.15) is 0 Å². The molecule has 1 fully saturated rings. The number of rotatable bonds is 4. The van der Waals surface area contributed by atoms with E-state index >= 15 is 0 Å². The predicted molar refractivity (Wildman–Crippen MR) is 86.6 cm³/mol. The Balaban J connectivity index is 0.00000180. The van der Waals surface area contributed by atoms with E-state index in [0.717, 1.165) is 5.92 Å². The van der Waals surface area contributed by atoms with Gasteiger partial charge >= 0.3 is 0 Å². The van der Waals surface area contributed by atoms with Crippen molar-refractivity contribution in [2.45, 2.75) is 32.6 Å². The SMILES string of the molecule is CC(C)c1cccc(N(C)CC2CCNCC2)c1.Cl. The smallest absolute Gasteiger partial charge is 0.0366 e. The molecule has 1 heterocycles. The molecule has 0 saturated carbocycles. The van der Waals surface area contributed by atoms with Crippen molar-refractivity contribution in [1.29, 1.82) is 0 Å². The van der Waals surface area contributed by atoms with Crippen molar-refractivity contribution in [3.63, 3.8) is 0 Å². The molecule has 0 radical (unpaired) electrons. The third kappa shape index (κ3) is 4.70. The molecule has 108 valence electrons. The van der Waals surface area contributed by atoms with Crippen molar-refractivity contribution in [3.8, 4) is 0 Å². The zero-order chi connectivity index (χ0) is 13.0. The van der Waals surface area contributed by atoms with E-state index in [0.29, 0.717) is 5.92 Å². The minimum absolute atomic E-state index is 0. The van der Waals surface area contributed by atoms with Crippen LogP contribution >= 0.6 is 12.4 Å². The summed E-state index contributed by atoms with van der Waals surface area (Å²) in [6.45, 7) is 8.07. The van der Waals surface area contributed by atoms with Crippen LogP contribution in [-0.4, -0.2) is 26.7 Å². The number of hydrogen-bond acceptors (Lipinski definition) is 2. The van der Waals surface area contributed by atoms with Gasteiger partial charge in [0.25, 0.3) is 0 Å². The van der Waals surface area contributed by atoms with Gasteiger partial charge in [0, 0.05) is 19.3 Å². The van der Waals surface area contributed by atoms with E-state index in [4.69, 9.17) is 0 Å². The summed E-state index contributed by atoms with van der Waals surface area (Å²) in [7, 11) is 2.22. The maximum Gasteiger partial charge on any atom is 0.0366 e. The molecular formula is C16H27ClN2. The van der Waals surface area contributed by atoms with Crippen molar-refractivity contribution >= 4 is 18.1 Å². The monoisotopic (exact) mass is 282 g/mol. The second-order valence-electron chi connectivity index (χ2n) is 5.82. The summed E-state index contributed by atoms with van der Waals surface area (Å²) in [5.74, 6) is 1.45. The first-order valence-corrected chi connectivity index (χ1v) is 7.18. The van der Waals surface area contributed by atoms with Gasteiger partial charge in [-0.3, -0.25) is 0 Å². The largest absolute Gasteiger partial charge is 0.374 e. The van der Waals surface area contributed by atoms with E-state index in [9.17, 15) is 0 Å². The fourth-order valence-corrected chi connectivity index (χ4v) is 2.68. The molecular weight excluding hydrogens is 256 g/mol. The van der Waals surface area contributed by atoms with Crippen molar-refractivity contribution in [1.82, 2.24) is 5.32 Å². The lowest BCUT2D eigenvalue weighted by Crippen LogP contribution is -2.34. The van der Waals surface area contributed by atoms with Crippen LogP contribution in [0.15, 0.2) is 24.3 Å². The van der Waals surface area contributed by atoms with E-state index in [1.807, 2.05) is 0 Å². The molecule has 1 N–H and O–H groups in total. The summed E-state index contributed by atoms with van der Waals surface area (Å²) in [6, 6.07) is 8.98. The number of halogens is 1. The lowest BCUT2D eigenvalue weighted by atomic mass is 9.97. The molecule has 0 spiro atoms. The highest BCUT2D eigenvalue weighted by Crippen LogP contribution is 2.23. The van der Waals surface area contributed by atoms with E-state index < -0.39 is 0 Å². The Bertz CT molecular complexity index is 373. The first-order chi connectivity index (χ1) is 8.66. The molecule has 1 aliphatic rings. The summed E-state index contributed by atoms with van der Waals surface area (Å²) >= 11 is 0. The van der Waals surface area contributed by atoms with Crippen molar-refractivity contribution < 1.29 is 0 Å². The van der Waals surface area contributed by atoms with Gasteiger partial charge < -0.3 is 10.2 Å². The van der Waals surface area contributed by atoms with Crippen LogP contribution in [0.4, 0.5) is 5.69 Å². The number of piperidine rings is 1. The van der Waals surface area contributed by atoms with Gasteiger partial charge in [0.15, 0.2) is 0 Å². The molecule has 0 bridgehead atoms. The lowest BCUT2D eigenvalue weighted by Gasteiger charge is -2.29. The van der Waals surface area contributed by atoms with Gasteiger partial charge in [-0.25, -0.2) is 0 Å². The Morgan fingerprint density at radius 1 is 1.26 bits per heavy atom. The molecule has 0 unspecified atom stereocenters. The third-order valence-electron chi connectivity index (χ3n) is 3.97. The first kappa shape index (κ1) is 16.3. The first-order valence-electron chi connectivity index (χ1n) is 7.18. The molecule has 1 aliphatic heterocycles. The molecule has 19 heavy (non-hydrogen) atoms. The minimum Gasteiger partial charge on any atom is -0.374 e. The zero-order valence-electron chi connectivity index (χ0n) is 12.4. The quantitative estimate of drug-likeness (QED) is 0.906. The molecule has 1 saturated heterocycles. The van der Waals surface area contributed by atoms with E-state index in [2.05, 4.69) is 55.4 Å². The molecule has 1 aromatic carbocycles. The molecule has 2 rings (SSSR count). The van der Waals surface area contributed by atoms with Crippen LogP contribution in [0, 0.1) is 5.92 Å². The Morgan fingerprint density at radius 3 is 2.58 bits per heavy atom. The maximum absolute atomic E-state index is 3.43. The minimum atomic E-state index is 0. The highest BCUT2D eigenvalue weighted by molar-refractivity contribution is 5.85. The van der Waals surface area contributed by atoms with Gasteiger partial charge in [-0.05, 0) is 55.5 Å². The number of nitrogens with zero attached hydrogens (tertiary/aromatic N) is 1. The summed E-state index contributed by atoms with van der Waals surface area (Å²) in [4.78, 5) is 2.42. The summed E-state index contributed by atoms with van der Waals surface area (Å²) < 4.78 is 0. The lowest BCUT2D eigenvalue weighted by molar-refractivity contribution is 0.378. The van der Waals surface area contributed by atoms with Crippen LogP contribution in [0.25, 0.3) is 0 Å². The number of nitrogens with one attached hydrogen (secondary N) is 1. The maximum atomic E-state index is 3.43. The molecule has 0 aromatic heterocycles. The van der Waals surface area contributed by atoms with Crippen LogP contribution in [0.2, 0.25) is 0 Å². The number of benzene rings is 1. The molecule has 0 amide bonds. The van der Waals surface area contributed by atoms with Gasteiger partial charge in [0.2, 0.25) is 0 Å². The van der Waals surface area contributed by atoms with Crippen LogP contribution < -0.4 is 10.2 Å². The van der Waals surface area contributed by atoms with Gasteiger partial charge in [-0.2, -0.15) is 0 Å².